The van der Waals surface area contributed by atoms with Crippen LogP contribution in [0.4, 0.5) is 0 Å². The zero-order chi connectivity index (χ0) is 12.8. The van der Waals surface area contributed by atoms with Crippen LogP contribution in [0, 0.1) is 0 Å². The van der Waals surface area contributed by atoms with Gasteiger partial charge in [0.15, 0.2) is 0 Å². The highest BCUT2D eigenvalue weighted by atomic mass is 16.5. The molecule has 0 bridgehead atoms. The first-order valence-electron chi connectivity index (χ1n) is 5.72. The third kappa shape index (κ3) is 3.21. The van der Waals surface area contributed by atoms with E-state index in [1.165, 1.54) is 0 Å². The Kier molecular flexibility index (Phi) is 4.15. The number of nitrogens with zero attached hydrogens (tertiary/aromatic N) is 1. The molecule has 0 spiro atoms. The van der Waals surface area contributed by atoms with Crippen molar-refractivity contribution in [2.75, 3.05) is 13.7 Å². The van der Waals surface area contributed by atoms with Gasteiger partial charge in [-0.3, -0.25) is 4.98 Å². The molecule has 94 valence electrons. The predicted octanol–water partition coefficient (Wildman–Crippen LogP) is 2.17. The van der Waals surface area contributed by atoms with Crippen molar-refractivity contribution in [2.45, 2.75) is 6.04 Å². The Morgan fingerprint density at radius 1 is 1.17 bits per heavy atom. The molecule has 0 saturated carbocycles. The Labute approximate surface area is 106 Å². The number of benzene rings is 1. The summed E-state index contributed by atoms with van der Waals surface area (Å²) in [5, 5.41) is 0. The number of hydrogen-bond acceptors (Lipinski definition) is 4. The molecule has 1 heterocycles. The standard InChI is InChI=1S/C14H16N2O2/c1-17-13-7-11(8-16-9-13)14(15)10-18-12-5-3-2-4-6-12/h2-9,14H,10,15H2,1H3. The molecule has 18 heavy (non-hydrogen) atoms. The topological polar surface area (TPSA) is 57.4 Å². The number of hydrogen-bond donors (Lipinski definition) is 1. The Bertz CT molecular complexity index is 488. The minimum Gasteiger partial charge on any atom is -0.495 e. The quantitative estimate of drug-likeness (QED) is 0.875. The SMILES string of the molecule is COc1cncc(C(N)COc2ccccc2)c1. The fourth-order valence-electron chi connectivity index (χ4n) is 1.55. The second-order valence-corrected chi connectivity index (χ2v) is 3.89. The molecule has 1 unspecified atom stereocenters. The Morgan fingerprint density at radius 2 is 1.94 bits per heavy atom. The molecule has 2 N–H and O–H groups in total. The van der Waals surface area contributed by atoms with Crippen LogP contribution < -0.4 is 15.2 Å². The molecule has 0 aliphatic heterocycles. The highest BCUT2D eigenvalue weighted by Crippen LogP contribution is 2.17. The second-order valence-electron chi connectivity index (χ2n) is 3.89. The van der Waals surface area contributed by atoms with Crippen molar-refractivity contribution in [3.05, 3.63) is 54.4 Å². The van der Waals surface area contributed by atoms with Gasteiger partial charge in [-0.25, -0.2) is 0 Å². The van der Waals surface area contributed by atoms with E-state index in [9.17, 15) is 0 Å². The summed E-state index contributed by atoms with van der Waals surface area (Å²) in [6, 6.07) is 11.2. The predicted molar refractivity (Wildman–Crippen MR) is 69.7 cm³/mol. The average Bonchev–Trinajstić information content (AvgIpc) is 2.46. The van der Waals surface area contributed by atoms with E-state index in [2.05, 4.69) is 4.98 Å². The zero-order valence-corrected chi connectivity index (χ0v) is 10.2. The average molecular weight is 244 g/mol. The fourth-order valence-corrected chi connectivity index (χ4v) is 1.55. The van der Waals surface area contributed by atoms with E-state index >= 15 is 0 Å². The molecule has 0 amide bonds. The first kappa shape index (κ1) is 12.4. The first-order valence-corrected chi connectivity index (χ1v) is 5.72. The van der Waals surface area contributed by atoms with Crippen molar-refractivity contribution in [2.24, 2.45) is 5.73 Å². The van der Waals surface area contributed by atoms with E-state index in [1.807, 2.05) is 36.4 Å². The van der Waals surface area contributed by atoms with Gasteiger partial charge in [0, 0.05) is 6.20 Å². The van der Waals surface area contributed by atoms with E-state index in [-0.39, 0.29) is 6.04 Å². The van der Waals surface area contributed by atoms with Gasteiger partial charge in [0.05, 0.1) is 19.3 Å². The largest absolute Gasteiger partial charge is 0.495 e. The number of rotatable bonds is 5. The van der Waals surface area contributed by atoms with Crippen molar-refractivity contribution < 1.29 is 9.47 Å². The number of aromatic nitrogens is 1. The number of nitrogens with two attached hydrogens (primary N) is 1. The Balaban J connectivity index is 1.97. The van der Waals surface area contributed by atoms with E-state index in [0.29, 0.717) is 12.4 Å². The normalized spacial score (nSPS) is 11.9. The Morgan fingerprint density at radius 3 is 2.67 bits per heavy atom. The summed E-state index contributed by atoms with van der Waals surface area (Å²) in [5.41, 5.74) is 6.94. The minimum absolute atomic E-state index is 0.229. The molecule has 0 aliphatic rings. The molecule has 1 aromatic heterocycles. The molecule has 0 saturated heterocycles. The third-order valence-electron chi connectivity index (χ3n) is 2.57. The molecule has 2 rings (SSSR count). The molecular formula is C14H16N2O2. The number of methoxy groups -OCH3 is 1. The molecular weight excluding hydrogens is 228 g/mol. The van der Waals surface area contributed by atoms with Crippen molar-refractivity contribution >= 4 is 0 Å². The van der Waals surface area contributed by atoms with Crippen LogP contribution in [-0.4, -0.2) is 18.7 Å². The van der Waals surface area contributed by atoms with Gasteiger partial charge in [-0.1, -0.05) is 18.2 Å². The highest BCUT2D eigenvalue weighted by Gasteiger charge is 2.08. The lowest BCUT2D eigenvalue weighted by atomic mass is 10.1. The number of ether oxygens (including phenoxy) is 2. The van der Waals surface area contributed by atoms with Crippen LogP contribution in [0.5, 0.6) is 11.5 Å². The van der Waals surface area contributed by atoms with Crippen LogP contribution in [0.15, 0.2) is 48.8 Å². The second kappa shape index (κ2) is 6.02. The lowest BCUT2D eigenvalue weighted by Crippen LogP contribution is -2.19. The van der Waals surface area contributed by atoms with Crippen LogP contribution in [0.1, 0.15) is 11.6 Å². The maximum absolute atomic E-state index is 6.05. The van der Waals surface area contributed by atoms with Crippen molar-refractivity contribution in [3.63, 3.8) is 0 Å². The third-order valence-corrected chi connectivity index (χ3v) is 2.57. The van der Waals surface area contributed by atoms with Gasteiger partial charge in [0.25, 0.3) is 0 Å². The molecule has 1 aromatic carbocycles. The number of pyridine rings is 1. The zero-order valence-electron chi connectivity index (χ0n) is 10.2. The van der Waals surface area contributed by atoms with E-state index < -0.39 is 0 Å². The van der Waals surface area contributed by atoms with Gasteiger partial charge in [0.1, 0.15) is 18.1 Å². The van der Waals surface area contributed by atoms with Gasteiger partial charge in [-0.2, -0.15) is 0 Å². The summed E-state index contributed by atoms with van der Waals surface area (Å²) in [6.45, 7) is 0.402. The highest BCUT2D eigenvalue weighted by molar-refractivity contribution is 5.26. The lowest BCUT2D eigenvalue weighted by molar-refractivity contribution is 0.290. The maximum atomic E-state index is 6.05. The molecule has 0 radical (unpaired) electrons. The van der Waals surface area contributed by atoms with Crippen molar-refractivity contribution in [1.29, 1.82) is 0 Å². The summed E-state index contributed by atoms with van der Waals surface area (Å²) in [5.74, 6) is 1.51. The van der Waals surface area contributed by atoms with E-state index in [1.54, 1.807) is 19.5 Å². The summed E-state index contributed by atoms with van der Waals surface area (Å²) in [7, 11) is 1.60. The fraction of sp³-hybridized carbons (Fsp3) is 0.214. The minimum atomic E-state index is -0.229. The molecule has 0 fully saturated rings. The molecule has 0 aliphatic carbocycles. The van der Waals surface area contributed by atoms with Crippen LogP contribution in [0.25, 0.3) is 0 Å². The van der Waals surface area contributed by atoms with Gasteiger partial charge in [-0.15, -0.1) is 0 Å². The molecule has 4 nitrogen and oxygen atoms in total. The summed E-state index contributed by atoms with van der Waals surface area (Å²) in [6.07, 6.45) is 3.37. The lowest BCUT2D eigenvalue weighted by Gasteiger charge is -2.13. The van der Waals surface area contributed by atoms with Gasteiger partial charge in [-0.05, 0) is 23.8 Å². The van der Waals surface area contributed by atoms with Crippen LogP contribution in [-0.2, 0) is 0 Å². The van der Waals surface area contributed by atoms with Gasteiger partial charge < -0.3 is 15.2 Å². The smallest absolute Gasteiger partial charge is 0.137 e. The van der Waals surface area contributed by atoms with Crippen LogP contribution in [0.2, 0.25) is 0 Å². The van der Waals surface area contributed by atoms with Crippen molar-refractivity contribution in [1.82, 2.24) is 4.98 Å². The van der Waals surface area contributed by atoms with Crippen LogP contribution in [0.3, 0.4) is 0 Å². The summed E-state index contributed by atoms with van der Waals surface area (Å²) in [4.78, 5) is 4.07. The van der Waals surface area contributed by atoms with E-state index in [4.69, 9.17) is 15.2 Å². The maximum Gasteiger partial charge on any atom is 0.137 e. The monoisotopic (exact) mass is 244 g/mol. The molecule has 2 aromatic rings. The Hall–Kier alpha value is -2.07. The first-order chi connectivity index (χ1) is 8.79. The molecule has 1 atom stereocenters. The van der Waals surface area contributed by atoms with Crippen LogP contribution >= 0.6 is 0 Å². The number of para-hydroxylation sites is 1. The molecule has 4 heteroatoms. The van der Waals surface area contributed by atoms with E-state index in [0.717, 1.165) is 11.3 Å². The van der Waals surface area contributed by atoms with Gasteiger partial charge >= 0.3 is 0 Å². The summed E-state index contributed by atoms with van der Waals surface area (Å²) < 4.78 is 10.7. The summed E-state index contributed by atoms with van der Waals surface area (Å²) >= 11 is 0. The van der Waals surface area contributed by atoms with Crippen molar-refractivity contribution in [3.8, 4) is 11.5 Å². The van der Waals surface area contributed by atoms with Gasteiger partial charge in [0.2, 0.25) is 0 Å².